The molecule has 0 aliphatic carbocycles. The standard InChI is InChI=1S/C25H23N3O5/c29-22(15-18-7-3-1-4-8-18)26-21-13-14-28(25(31)27-21)23-12-11-20(33-23)17-32-24(30)16-19-9-5-2-6-10-19/h1-14,20,23H,15-17H2,(H,26,27,29,31)/t20-,23+/m0/s1. The number of benzene rings is 2. The molecule has 1 amide bonds. The van der Waals surface area contributed by atoms with Crippen LogP contribution in [0.4, 0.5) is 5.82 Å². The van der Waals surface area contributed by atoms with E-state index < -0.39 is 18.0 Å². The molecule has 0 bridgehead atoms. The van der Waals surface area contributed by atoms with Crippen LogP contribution in [0.1, 0.15) is 17.4 Å². The van der Waals surface area contributed by atoms with Gasteiger partial charge in [0, 0.05) is 6.20 Å². The molecule has 1 N–H and O–H groups in total. The summed E-state index contributed by atoms with van der Waals surface area (Å²) in [4.78, 5) is 40.6. The second-order valence-electron chi connectivity index (χ2n) is 7.51. The van der Waals surface area contributed by atoms with Crippen LogP contribution in [0.5, 0.6) is 0 Å². The topological polar surface area (TPSA) is 99.5 Å². The van der Waals surface area contributed by atoms with Gasteiger partial charge in [0.25, 0.3) is 0 Å². The number of amides is 1. The number of hydrogen-bond acceptors (Lipinski definition) is 6. The molecular weight excluding hydrogens is 422 g/mol. The SMILES string of the molecule is O=C(Cc1ccccc1)Nc1ccn([C@H]2C=C[C@@H](COC(=O)Cc3ccccc3)O2)c(=O)n1. The first-order valence-corrected chi connectivity index (χ1v) is 10.5. The van der Waals surface area contributed by atoms with Crippen LogP contribution in [0.2, 0.25) is 0 Å². The Labute approximate surface area is 190 Å². The second-order valence-corrected chi connectivity index (χ2v) is 7.51. The van der Waals surface area contributed by atoms with Crippen LogP contribution >= 0.6 is 0 Å². The maximum absolute atomic E-state index is 12.4. The van der Waals surface area contributed by atoms with Gasteiger partial charge in [0.1, 0.15) is 18.5 Å². The van der Waals surface area contributed by atoms with Crippen LogP contribution < -0.4 is 11.0 Å². The first kappa shape index (κ1) is 22.2. The first-order valence-electron chi connectivity index (χ1n) is 10.5. The van der Waals surface area contributed by atoms with Crippen molar-refractivity contribution in [1.82, 2.24) is 9.55 Å². The van der Waals surface area contributed by atoms with Crippen molar-refractivity contribution in [1.29, 1.82) is 0 Å². The van der Waals surface area contributed by atoms with E-state index in [0.717, 1.165) is 11.1 Å². The van der Waals surface area contributed by atoms with Crippen molar-refractivity contribution < 1.29 is 19.1 Å². The molecule has 0 unspecified atom stereocenters. The van der Waals surface area contributed by atoms with Crippen LogP contribution in [0.3, 0.4) is 0 Å². The zero-order chi connectivity index (χ0) is 23.0. The minimum Gasteiger partial charge on any atom is -0.462 e. The molecule has 2 aromatic carbocycles. The average Bonchev–Trinajstić information content (AvgIpc) is 3.28. The Morgan fingerprint density at radius 2 is 1.61 bits per heavy atom. The number of anilines is 1. The van der Waals surface area contributed by atoms with Crippen molar-refractivity contribution in [2.75, 3.05) is 11.9 Å². The van der Waals surface area contributed by atoms with Gasteiger partial charge in [-0.05, 0) is 23.3 Å². The van der Waals surface area contributed by atoms with Crippen LogP contribution in [-0.2, 0) is 31.9 Å². The zero-order valence-corrected chi connectivity index (χ0v) is 17.8. The molecule has 0 radical (unpaired) electrons. The van der Waals surface area contributed by atoms with Gasteiger partial charge in [-0.1, -0.05) is 66.7 Å². The lowest BCUT2D eigenvalue weighted by Gasteiger charge is -2.16. The van der Waals surface area contributed by atoms with Gasteiger partial charge in [-0.3, -0.25) is 14.2 Å². The lowest BCUT2D eigenvalue weighted by molar-refractivity contribution is -0.146. The summed E-state index contributed by atoms with van der Waals surface area (Å²) < 4.78 is 12.4. The van der Waals surface area contributed by atoms with Crippen LogP contribution in [0.25, 0.3) is 0 Å². The molecule has 2 atom stereocenters. The zero-order valence-electron chi connectivity index (χ0n) is 17.8. The van der Waals surface area contributed by atoms with Crippen molar-refractivity contribution in [2.45, 2.75) is 25.2 Å². The summed E-state index contributed by atoms with van der Waals surface area (Å²) in [5.74, 6) is -0.443. The molecule has 1 aliphatic heterocycles. The maximum Gasteiger partial charge on any atom is 0.351 e. The molecular formula is C25H23N3O5. The minimum absolute atomic E-state index is 0.0501. The van der Waals surface area contributed by atoms with Gasteiger partial charge in [0.15, 0.2) is 6.23 Å². The van der Waals surface area contributed by atoms with Crippen LogP contribution in [0.15, 0.2) is 89.9 Å². The summed E-state index contributed by atoms with van der Waals surface area (Å²) in [5, 5.41) is 2.63. The van der Waals surface area contributed by atoms with Gasteiger partial charge in [-0.15, -0.1) is 0 Å². The third-order valence-corrected chi connectivity index (χ3v) is 4.98. The van der Waals surface area contributed by atoms with E-state index >= 15 is 0 Å². The molecule has 1 aromatic heterocycles. The van der Waals surface area contributed by atoms with Crippen molar-refractivity contribution in [2.24, 2.45) is 0 Å². The Morgan fingerprint density at radius 1 is 0.939 bits per heavy atom. The molecule has 33 heavy (non-hydrogen) atoms. The van der Waals surface area contributed by atoms with Crippen LogP contribution in [0, 0.1) is 0 Å². The normalized spacial score (nSPS) is 17.0. The molecule has 168 valence electrons. The number of ether oxygens (including phenoxy) is 2. The van der Waals surface area contributed by atoms with E-state index in [-0.39, 0.29) is 37.1 Å². The number of carbonyl (C=O) groups is 2. The number of aromatic nitrogens is 2. The maximum atomic E-state index is 12.4. The average molecular weight is 445 g/mol. The highest BCUT2D eigenvalue weighted by Crippen LogP contribution is 2.20. The summed E-state index contributed by atoms with van der Waals surface area (Å²) in [6.07, 6.45) is 4.18. The number of hydrogen-bond donors (Lipinski definition) is 1. The van der Waals surface area contributed by atoms with Crippen molar-refractivity contribution in [3.8, 4) is 0 Å². The molecule has 0 saturated heterocycles. The Kier molecular flexibility index (Phi) is 7.06. The third-order valence-electron chi connectivity index (χ3n) is 4.98. The summed E-state index contributed by atoms with van der Waals surface area (Å²) in [6.45, 7) is 0.0501. The fourth-order valence-corrected chi connectivity index (χ4v) is 3.37. The molecule has 8 nitrogen and oxygen atoms in total. The molecule has 1 aliphatic rings. The van der Waals surface area contributed by atoms with E-state index in [1.807, 2.05) is 60.7 Å². The fraction of sp³-hybridized carbons (Fsp3) is 0.200. The Balaban J connectivity index is 1.27. The minimum atomic E-state index is -0.670. The highest BCUT2D eigenvalue weighted by atomic mass is 16.6. The third kappa shape index (κ3) is 6.24. The smallest absolute Gasteiger partial charge is 0.351 e. The quantitative estimate of drug-likeness (QED) is 0.423. The van der Waals surface area contributed by atoms with Gasteiger partial charge in [-0.2, -0.15) is 4.98 Å². The fourth-order valence-electron chi connectivity index (χ4n) is 3.37. The Morgan fingerprint density at radius 3 is 2.27 bits per heavy atom. The highest BCUT2D eigenvalue weighted by Gasteiger charge is 2.23. The van der Waals surface area contributed by atoms with E-state index in [0.29, 0.717) is 0 Å². The molecule has 0 spiro atoms. The predicted molar refractivity (Wildman–Crippen MR) is 121 cm³/mol. The van der Waals surface area contributed by atoms with Gasteiger partial charge in [0.2, 0.25) is 5.91 Å². The summed E-state index contributed by atoms with van der Waals surface area (Å²) >= 11 is 0. The monoisotopic (exact) mass is 445 g/mol. The Hall–Kier alpha value is -4.04. The lowest BCUT2D eigenvalue weighted by atomic mass is 10.1. The lowest BCUT2D eigenvalue weighted by Crippen LogP contribution is -2.29. The number of esters is 1. The predicted octanol–water partition coefficient (Wildman–Crippen LogP) is 2.66. The van der Waals surface area contributed by atoms with E-state index in [1.54, 1.807) is 12.2 Å². The number of rotatable bonds is 8. The van der Waals surface area contributed by atoms with Crippen LogP contribution in [-0.4, -0.2) is 34.1 Å². The summed E-state index contributed by atoms with van der Waals surface area (Å²) in [6, 6.07) is 20.2. The van der Waals surface area contributed by atoms with Crippen molar-refractivity contribution in [3.63, 3.8) is 0 Å². The molecule has 3 aromatic rings. The molecule has 2 heterocycles. The van der Waals surface area contributed by atoms with Gasteiger partial charge >= 0.3 is 11.7 Å². The molecule has 0 fully saturated rings. The number of nitrogens with zero attached hydrogens (tertiary/aromatic N) is 2. The van der Waals surface area contributed by atoms with Gasteiger partial charge < -0.3 is 14.8 Å². The Bertz CT molecular complexity index is 1190. The van der Waals surface area contributed by atoms with E-state index in [2.05, 4.69) is 10.3 Å². The van der Waals surface area contributed by atoms with E-state index in [9.17, 15) is 14.4 Å². The van der Waals surface area contributed by atoms with Gasteiger partial charge in [0.05, 0.1) is 12.8 Å². The van der Waals surface area contributed by atoms with E-state index in [4.69, 9.17) is 9.47 Å². The summed E-state index contributed by atoms with van der Waals surface area (Å²) in [5.41, 5.74) is 1.17. The second kappa shape index (κ2) is 10.5. The number of nitrogens with one attached hydrogen (secondary N) is 1. The largest absolute Gasteiger partial charge is 0.462 e. The van der Waals surface area contributed by atoms with Crippen molar-refractivity contribution in [3.05, 3.63) is 107 Å². The highest BCUT2D eigenvalue weighted by molar-refractivity contribution is 5.91. The van der Waals surface area contributed by atoms with E-state index in [1.165, 1.54) is 16.8 Å². The molecule has 4 rings (SSSR count). The first-order chi connectivity index (χ1) is 16.1. The summed E-state index contributed by atoms with van der Waals surface area (Å²) in [7, 11) is 0. The molecule has 8 heteroatoms. The van der Waals surface area contributed by atoms with Crippen molar-refractivity contribution >= 4 is 17.7 Å². The van der Waals surface area contributed by atoms with Gasteiger partial charge in [-0.25, -0.2) is 4.79 Å². The number of carbonyl (C=O) groups excluding carboxylic acids is 2. The molecule has 0 saturated carbocycles.